The van der Waals surface area contributed by atoms with E-state index < -0.39 is 0 Å². The third kappa shape index (κ3) is 3.13. The maximum Gasteiger partial charge on any atom is 0.340 e. The van der Waals surface area contributed by atoms with Crippen molar-refractivity contribution in [2.75, 3.05) is 7.11 Å². The van der Waals surface area contributed by atoms with Gasteiger partial charge in [-0.25, -0.2) is 4.79 Å². The first-order valence-corrected chi connectivity index (χ1v) is 7.99. The van der Waals surface area contributed by atoms with Gasteiger partial charge in [0.05, 0.1) is 18.2 Å². The number of hydrogen-bond donors (Lipinski definition) is 0. The molecule has 1 aromatic heterocycles. The summed E-state index contributed by atoms with van der Waals surface area (Å²) in [7, 11) is 1.40. The molecule has 4 nitrogen and oxygen atoms in total. The first-order chi connectivity index (χ1) is 11.6. The van der Waals surface area contributed by atoms with Crippen LogP contribution in [0.2, 0.25) is 0 Å². The predicted octanol–water partition coefficient (Wildman–Crippen LogP) is 4.59. The first-order valence-electron chi connectivity index (χ1n) is 7.99. The number of fused-ring (bicyclic) bond motifs is 1. The van der Waals surface area contributed by atoms with E-state index in [1.807, 2.05) is 54.7 Å². The minimum Gasteiger partial charge on any atom is -0.489 e. The molecular weight excluding hydrogens is 302 g/mol. The van der Waals surface area contributed by atoms with Crippen molar-refractivity contribution in [3.8, 4) is 5.75 Å². The number of rotatable bonds is 5. The molecule has 0 aliphatic heterocycles. The van der Waals surface area contributed by atoms with Gasteiger partial charge in [0, 0.05) is 23.7 Å². The second-order valence-corrected chi connectivity index (χ2v) is 5.99. The maximum absolute atomic E-state index is 12.0. The van der Waals surface area contributed by atoms with Gasteiger partial charge in [0.15, 0.2) is 0 Å². The number of carbonyl (C=O) groups is 1. The van der Waals surface area contributed by atoms with E-state index in [9.17, 15) is 4.79 Å². The molecule has 0 spiro atoms. The van der Waals surface area contributed by atoms with Crippen LogP contribution in [0.1, 0.15) is 35.8 Å². The van der Waals surface area contributed by atoms with Gasteiger partial charge in [-0.05, 0) is 31.5 Å². The molecule has 1 heterocycles. The van der Waals surface area contributed by atoms with Gasteiger partial charge in [0.2, 0.25) is 0 Å². The predicted molar refractivity (Wildman–Crippen MR) is 94.4 cm³/mol. The van der Waals surface area contributed by atoms with Crippen molar-refractivity contribution < 1.29 is 14.3 Å². The molecule has 0 bridgehead atoms. The van der Waals surface area contributed by atoms with Crippen molar-refractivity contribution >= 4 is 16.9 Å². The standard InChI is InChI=1S/C20H21NO3/c1-14(2)21-12-18(20(22)23-3)17-10-9-16(11-19(17)21)24-13-15-7-5-4-6-8-15/h4-12,14H,13H2,1-3H3. The number of benzene rings is 2. The number of carbonyl (C=O) groups excluding carboxylic acids is 1. The summed E-state index contributed by atoms with van der Waals surface area (Å²) in [6.45, 7) is 4.68. The quantitative estimate of drug-likeness (QED) is 0.645. The van der Waals surface area contributed by atoms with E-state index in [1.165, 1.54) is 7.11 Å². The van der Waals surface area contributed by atoms with Gasteiger partial charge in [0.1, 0.15) is 12.4 Å². The summed E-state index contributed by atoms with van der Waals surface area (Å²) >= 11 is 0. The van der Waals surface area contributed by atoms with Crippen LogP contribution in [0.15, 0.2) is 54.7 Å². The Morgan fingerprint density at radius 2 is 1.88 bits per heavy atom. The van der Waals surface area contributed by atoms with E-state index in [0.29, 0.717) is 12.2 Å². The molecule has 3 rings (SSSR count). The highest BCUT2D eigenvalue weighted by Gasteiger charge is 2.17. The fourth-order valence-electron chi connectivity index (χ4n) is 2.76. The van der Waals surface area contributed by atoms with Crippen LogP contribution in [-0.2, 0) is 11.3 Å². The minimum atomic E-state index is -0.322. The van der Waals surface area contributed by atoms with Crippen LogP contribution in [-0.4, -0.2) is 17.6 Å². The van der Waals surface area contributed by atoms with E-state index in [4.69, 9.17) is 9.47 Å². The van der Waals surface area contributed by atoms with Crippen LogP contribution in [0.3, 0.4) is 0 Å². The monoisotopic (exact) mass is 323 g/mol. The van der Waals surface area contributed by atoms with Crippen molar-refractivity contribution in [2.24, 2.45) is 0 Å². The van der Waals surface area contributed by atoms with E-state index in [1.54, 1.807) is 0 Å². The molecule has 0 amide bonds. The SMILES string of the molecule is COC(=O)c1cn(C(C)C)c2cc(OCc3ccccc3)ccc12. The summed E-state index contributed by atoms with van der Waals surface area (Å²) in [6, 6.07) is 16.1. The Bertz CT molecular complexity index is 850. The topological polar surface area (TPSA) is 40.5 Å². The molecule has 0 radical (unpaired) electrons. The lowest BCUT2D eigenvalue weighted by Crippen LogP contribution is -2.01. The Hall–Kier alpha value is -2.75. The van der Waals surface area contributed by atoms with Crippen LogP contribution >= 0.6 is 0 Å². The number of ether oxygens (including phenoxy) is 2. The molecule has 0 saturated heterocycles. The average Bonchev–Trinajstić information content (AvgIpc) is 2.99. The van der Waals surface area contributed by atoms with Crippen molar-refractivity contribution in [3.63, 3.8) is 0 Å². The smallest absolute Gasteiger partial charge is 0.340 e. The van der Waals surface area contributed by atoms with Crippen LogP contribution < -0.4 is 4.74 Å². The molecule has 0 N–H and O–H groups in total. The van der Waals surface area contributed by atoms with Gasteiger partial charge >= 0.3 is 5.97 Å². The highest BCUT2D eigenvalue weighted by atomic mass is 16.5. The van der Waals surface area contributed by atoms with E-state index >= 15 is 0 Å². The molecular formula is C20H21NO3. The third-order valence-corrected chi connectivity index (χ3v) is 4.02. The zero-order chi connectivity index (χ0) is 17.1. The van der Waals surface area contributed by atoms with Crippen LogP contribution in [0.5, 0.6) is 5.75 Å². The lowest BCUT2D eigenvalue weighted by Gasteiger charge is -2.11. The second kappa shape index (κ2) is 6.79. The Kier molecular flexibility index (Phi) is 4.56. The highest BCUT2D eigenvalue weighted by molar-refractivity contribution is 6.04. The van der Waals surface area contributed by atoms with Gasteiger partial charge in [-0.2, -0.15) is 0 Å². The van der Waals surface area contributed by atoms with E-state index in [0.717, 1.165) is 22.2 Å². The summed E-state index contributed by atoms with van der Waals surface area (Å²) in [5.41, 5.74) is 2.67. The van der Waals surface area contributed by atoms with Gasteiger partial charge in [-0.3, -0.25) is 0 Å². The van der Waals surface area contributed by atoms with E-state index in [2.05, 4.69) is 18.4 Å². The molecule has 2 aromatic carbocycles. The maximum atomic E-state index is 12.0. The van der Waals surface area contributed by atoms with Crippen molar-refractivity contribution in [1.82, 2.24) is 4.57 Å². The molecule has 3 aromatic rings. The number of aromatic nitrogens is 1. The molecule has 0 unspecified atom stereocenters. The lowest BCUT2D eigenvalue weighted by molar-refractivity contribution is 0.0602. The number of nitrogens with zero attached hydrogens (tertiary/aromatic N) is 1. The van der Waals surface area contributed by atoms with Gasteiger partial charge in [0.25, 0.3) is 0 Å². The minimum absolute atomic E-state index is 0.232. The number of esters is 1. The Labute approximate surface area is 141 Å². The van der Waals surface area contributed by atoms with Crippen molar-refractivity contribution in [1.29, 1.82) is 0 Å². The molecule has 0 atom stereocenters. The summed E-state index contributed by atoms with van der Waals surface area (Å²) in [5, 5.41) is 0.877. The second-order valence-electron chi connectivity index (χ2n) is 5.99. The normalized spacial score (nSPS) is 11.0. The van der Waals surface area contributed by atoms with Crippen LogP contribution in [0.4, 0.5) is 0 Å². The fraction of sp³-hybridized carbons (Fsp3) is 0.250. The van der Waals surface area contributed by atoms with Gasteiger partial charge in [-0.1, -0.05) is 30.3 Å². The van der Waals surface area contributed by atoms with Gasteiger partial charge in [-0.15, -0.1) is 0 Å². The molecule has 0 saturated carbocycles. The fourth-order valence-corrected chi connectivity index (χ4v) is 2.76. The number of hydrogen-bond acceptors (Lipinski definition) is 3. The zero-order valence-corrected chi connectivity index (χ0v) is 14.2. The van der Waals surface area contributed by atoms with Crippen molar-refractivity contribution in [3.05, 3.63) is 65.9 Å². The largest absolute Gasteiger partial charge is 0.489 e. The summed E-state index contributed by atoms with van der Waals surface area (Å²) < 4.78 is 12.9. The average molecular weight is 323 g/mol. The Balaban J connectivity index is 1.94. The molecule has 0 fully saturated rings. The Morgan fingerprint density at radius 3 is 2.54 bits per heavy atom. The summed E-state index contributed by atoms with van der Waals surface area (Å²) in [5.74, 6) is 0.458. The molecule has 124 valence electrons. The lowest BCUT2D eigenvalue weighted by atomic mass is 10.1. The molecule has 4 heteroatoms. The van der Waals surface area contributed by atoms with Crippen LogP contribution in [0, 0.1) is 0 Å². The highest BCUT2D eigenvalue weighted by Crippen LogP contribution is 2.29. The van der Waals surface area contributed by atoms with Crippen LogP contribution in [0.25, 0.3) is 10.9 Å². The third-order valence-electron chi connectivity index (χ3n) is 4.02. The van der Waals surface area contributed by atoms with E-state index in [-0.39, 0.29) is 12.0 Å². The van der Waals surface area contributed by atoms with Crippen molar-refractivity contribution in [2.45, 2.75) is 26.5 Å². The molecule has 0 aliphatic rings. The molecule has 0 aliphatic carbocycles. The summed E-state index contributed by atoms with van der Waals surface area (Å²) in [6.07, 6.45) is 1.85. The molecule has 24 heavy (non-hydrogen) atoms. The zero-order valence-electron chi connectivity index (χ0n) is 14.2. The Morgan fingerprint density at radius 1 is 1.12 bits per heavy atom. The number of methoxy groups -OCH3 is 1. The first kappa shape index (κ1) is 16.1. The van der Waals surface area contributed by atoms with Gasteiger partial charge < -0.3 is 14.0 Å². The summed E-state index contributed by atoms with van der Waals surface area (Å²) in [4.78, 5) is 12.0.